The van der Waals surface area contributed by atoms with Crippen LogP contribution in [-0.4, -0.2) is 66.6 Å². The van der Waals surface area contributed by atoms with Crippen molar-refractivity contribution in [1.82, 2.24) is 5.32 Å². The van der Waals surface area contributed by atoms with Gasteiger partial charge in [-0.2, -0.15) is 0 Å². The number of nitrogens with one attached hydrogen (secondary N) is 1. The second-order valence-corrected chi connectivity index (χ2v) is 10.3. The molecular weight excluding hydrogens is 398 g/mol. The van der Waals surface area contributed by atoms with Crippen LogP contribution in [0.4, 0.5) is 0 Å². The van der Waals surface area contributed by atoms with Crippen molar-refractivity contribution in [1.29, 1.82) is 0 Å². The first kappa shape index (κ1) is 25.3. The SMILES string of the molecule is CCCCCCCCCCC(O)CNC[C@H]1O[C@@H]2OC(C)(C)O[C@@H]2[C@H]2OC(C)(C)O[C@H]21. The first-order chi connectivity index (χ1) is 14.7. The Hall–Kier alpha value is -0.280. The minimum Gasteiger partial charge on any atom is -0.392 e. The molecule has 0 aromatic heterocycles. The van der Waals surface area contributed by atoms with Gasteiger partial charge in [0.2, 0.25) is 0 Å². The summed E-state index contributed by atoms with van der Waals surface area (Å²) < 4.78 is 30.4. The second-order valence-electron chi connectivity index (χ2n) is 10.3. The summed E-state index contributed by atoms with van der Waals surface area (Å²) in [6, 6.07) is 0. The topological polar surface area (TPSA) is 78.4 Å². The zero-order valence-electron chi connectivity index (χ0n) is 20.2. The van der Waals surface area contributed by atoms with Gasteiger partial charge in [-0.05, 0) is 34.1 Å². The van der Waals surface area contributed by atoms with E-state index in [-0.39, 0.29) is 30.5 Å². The molecule has 3 heterocycles. The van der Waals surface area contributed by atoms with Crippen LogP contribution < -0.4 is 5.32 Å². The predicted octanol–water partition coefficient (Wildman–Crippen LogP) is 3.86. The first-order valence-electron chi connectivity index (χ1n) is 12.5. The normalized spacial score (nSPS) is 34.5. The van der Waals surface area contributed by atoms with Crippen molar-refractivity contribution in [3.8, 4) is 0 Å². The lowest BCUT2D eigenvalue weighted by molar-refractivity contribution is -0.232. The first-order valence-corrected chi connectivity index (χ1v) is 12.5. The number of hydrogen-bond donors (Lipinski definition) is 2. The Labute approximate surface area is 188 Å². The van der Waals surface area contributed by atoms with Gasteiger partial charge in [0.25, 0.3) is 0 Å². The third-order valence-corrected chi connectivity index (χ3v) is 6.37. The van der Waals surface area contributed by atoms with E-state index in [9.17, 15) is 5.11 Å². The molecule has 0 saturated carbocycles. The van der Waals surface area contributed by atoms with Gasteiger partial charge in [-0.15, -0.1) is 0 Å². The molecule has 3 fully saturated rings. The third kappa shape index (κ3) is 7.36. The Kier molecular flexibility index (Phi) is 9.18. The number of unbranched alkanes of at least 4 members (excludes halogenated alkanes) is 7. The molecule has 3 aliphatic heterocycles. The van der Waals surface area contributed by atoms with Gasteiger partial charge in [-0.25, -0.2) is 0 Å². The lowest BCUT2D eigenvalue weighted by Gasteiger charge is -2.37. The lowest BCUT2D eigenvalue weighted by atomic mass is 9.99. The fourth-order valence-corrected chi connectivity index (χ4v) is 4.87. The number of rotatable bonds is 13. The van der Waals surface area contributed by atoms with Crippen molar-refractivity contribution in [2.75, 3.05) is 13.1 Å². The molecule has 3 aliphatic rings. The second kappa shape index (κ2) is 11.2. The van der Waals surface area contributed by atoms with Gasteiger partial charge < -0.3 is 34.1 Å². The Bertz CT molecular complexity index is 542. The fraction of sp³-hybridized carbons (Fsp3) is 1.00. The number of aliphatic hydroxyl groups excluding tert-OH is 1. The summed E-state index contributed by atoms with van der Waals surface area (Å²) in [5, 5.41) is 13.7. The van der Waals surface area contributed by atoms with Crippen LogP contribution in [-0.2, 0) is 23.7 Å². The summed E-state index contributed by atoms with van der Waals surface area (Å²) in [5.74, 6) is -1.39. The average molecular weight is 444 g/mol. The molecule has 3 saturated heterocycles. The minimum absolute atomic E-state index is 0.221. The van der Waals surface area contributed by atoms with Crippen LogP contribution >= 0.6 is 0 Å². The Morgan fingerprint density at radius 2 is 1.35 bits per heavy atom. The molecule has 3 rings (SSSR count). The van der Waals surface area contributed by atoms with Gasteiger partial charge in [0.1, 0.15) is 24.4 Å². The molecule has 2 N–H and O–H groups in total. The molecule has 6 atom stereocenters. The zero-order chi connectivity index (χ0) is 22.5. The minimum atomic E-state index is -0.704. The highest BCUT2D eigenvalue weighted by Gasteiger charge is 2.60. The molecule has 0 radical (unpaired) electrons. The highest BCUT2D eigenvalue weighted by atomic mass is 16.9. The van der Waals surface area contributed by atoms with Crippen molar-refractivity contribution in [3.63, 3.8) is 0 Å². The Morgan fingerprint density at radius 3 is 2.06 bits per heavy atom. The summed E-state index contributed by atoms with van der Waals surface area (Å²) in [6.07, 6.45) is 9.27. The van der Waals surface area contributed by atoms with E-state index < -0.39 is 17.9 Å². The number of ether oxygens (including phenoxy) is 5. The van der Waals surface area contributed by atoms with Gasteiger partial charge in [-0.3, -0.25) is 0 Å². The van der Waals surface area contributed by atoms with Gasteiger partial charge in [0, 0.05) is 13.1 Å². The molecule has 7 heteroatoms. The van der Waals surface area contributed by atoms with E-state index in [1.54, 1.807) is 0 Å². The van der Waals surface area contributed by atoms with Crippen molar-refractivity contribution < 1.29 is 28.8 Å². The van der Waals surface area contributed by atoms with Gasteiger partial charge in [0.05, 0.1) is 6.10 Å². The molecule has 0 spiro atoms. The van der Waals surface area contributed by atoms with Crippen LogP contribution in [0.1, 0.15) is 92.4 Å². The van der Waals surface area contributed by atoms with Crippen LogP contribution in [0.15, 0.2) is 0 Å². The number of fused-ring (bicyclic) bond motifs is 3. The van der Waals surface area contributed by atoms with Crippen molar-refractivity contribution in [2.24, 2.45) is 0 Å². The largest absolute Gasteiger partial charge is 0.392 e. The fourth-order valence-electron chi connectivity index (χ4n) is 4.87. The molecule has 0 aromatic rings. The maximum atomic E-state index is 10.3. The van der Waals surface area contributed by atoms with Gasteiger partial charge >= 0.3 is 0 Å². The molecule has 0 aliphatic carbocycles. The van der Waals surface area contributed by atoms with Crippen molar-refractivity contribution in [2.45, 2.75) is 141 Å². The maximum Gasteiger partial charge on any atom is 0.190 e. The summed E-state index contributed by atoms with van der Waals surface area (Å²) in [4.78, 5) is 0. The standard InChI is InChI=1S/C24H45NO6/c1-6-7-8-9-10-11-12-13-14-17(26)15-25-16-18-19-20(29-23(2,3)28-19)21-22(27-18)31-24(4,5)30-21/h17-22,25-26H,6-16H2,1-5H3/t17?,18-,19+,20+,21-,22-/m1/s1. The smallest absolute Gasteiger partial charge is 0.190 e. The molecule has 7 nitrogen and oxygen atoms in total. The van der Waals surface area contributed by atoms with E-state index in [2.05, 4.69) is 12.2 Å². The van der Waals surface area contributed by atoms with Gasteiger partial charge in [-0.1, -0.05) is 58.3 Å². The molecule has 182 valence electrons. The summed E-state index contributed by atoms with van der Waals surface area (Å²) in [6.45, 7) is 11.0. The Balaban J connectivity index is 1.36. The van der Waals surface area contributed by atoms with E-state index in [0.29, 0.717) is 13.1 Å². The Morgan fingerprint density at radius 1 is 0.774 bits per heavy atom. The summed E-state index contributed by atoms with van der Waals surface area (Å²) in [5.41, 5.74) is 0. The average Bonchev–Trinajstić information content (AvgIpc) is 3.18. The lowest BCUT2D eigenvalue weighted by Crippen LogP contribution is -2.57. The molecule has 0 aromatic carbocycles. The van der Waals surface area contributed by atoms with E-state index in [1.165, 1.54) is 44.9 Å². The van der Waals surface area contributed by atoms with Crippen LogP contribution in [0.5, 0.6) is 0 Å². The quantitative estimate of drug-likeness (QED) is 0.419. The summed E-state index contributed by atoms with van der Waals surface area (Å²) in [7, 11) is 0. The third-order valence-electron chi connectivity index (χ3n) is 6.37. The number of hydrogen-bond acceptors (Lipinski definition) is 7. The molecular formula is C24H45NO6. The molecule has 1 unspecified atom stereocenters. The highest BCUT2D eigenvalue weighted by molar-refractivity contribution is 5.00. The highest BCUT2D eigenvalue weighted by Crippen LogP contribution is 2.43. The molecule has 31 heavy (non-hydrogen) atoms. The number of aliphatic hydroxyl groups is 1. The van der Waals surface area contributed by atoms with Crippen LogP contribution in [0.25, 0.3) is 0 Å². The van der Waals surface area contributed by atoms with Gasteiger partial charge in [0.15, 0.2) is 17.9 Å². The van der Waals surface area contributed by atoms with Crippen molar-refractivity contribution in [3.05, 3.63) is 0 Å². The van der Waals surface area contributed by atoms with Crippen molar-refractivity contribution >= 4 is 0 Å². The zero-order valence-corrected chi connectivity index (χ0v) is 20.2. The predicted molar refractivity (Wildman–Crippen MR) is 119 cm³/mol. The molecule has 0 amide bonds. The van der Waals surface area contributed by atoms with Crippen LogP contribution in [0.3, 0.4) is 0 Å². The van der Waals surface area contributed by atoms with Crippen LogP contribution in [0, 0.1) is 0 Å². The van der Waals surface area contributed by atoms with E-state index in [4.69, 9.17) is 23.7 Å². The van der Waals surface area contributed by atoms with E-state index in [1.807, 2.05) is 27.7 Å². The van der Waals surface area contributed by atoms with Crippen LogP contribution in [0.2, 0.25) is 0 Å². The van der Waals surface area contributed by atoms with E-state index >= 15 is 0 Å². The molecule has 0 bridgehead atoms. The summed E-state index contributed by atoms with van der Waals surface area (Å²) >= 11 is 0. The maximum absolute atomic E-state index is 10.3. The monoisotopic (exact) mass is 443 g/mol. The van der Waals surface area contributed by atoms with E-state index in [0.717, 1.165) is 12.8 Å².